The van der Waals surface area contributed by atoms with E-state index in [0.29, 0.717) is 34.0 Å². The van der Waals surface area contributed by atoms with Crippen LogP contribution >= 0.6 is 23.2 Å². The summed E-state index contributed by atoms with van der Waals surface area (Å²) in [5, 5.41) is 11.7. The second-order valence-electron chi connectivity index (χ2n) is 8.62. The molecule has 0 spiro atoms. The van der Waals surface area contributed by atoms with Crippen LogP contribution < -0.4 is 15.0 Å². The third-order valence-corrected chi connectivity index (χ3v) is 8.33. The number of nitrogens with zero attached hydrogens (tertiary/aromatic N) is 2. The first-order valence-electron chi connectivity index (χ1n) is 12.0. The molecule has 0 aliphatic heterocycles. The Hall–Kier alpha value is -3.53. The van der Waals surface area contributed by atoms with Crippen LogP contribution in [0.3, 0.4) is 0 Å². The monoisotopic (exact) mass is 588 g/mol. The van der Waals surface area contributed by atoms with Crippen LogP contribution in [0.2, 0.25) is 10.0 Å². The molecule has 3 aromatic carbocycles. The van der Waals surface area contributed by atoms with Crippen molar-refractivity contribution in [2.45, 2.75) is 36.0 Å². The van der Waals surface area contributed by atoms with Crippen molar-refractivity contribution in [3.05, 3.63) is 86.9 Å². The van der Waals surface area contributed by atoms with Gasteiger partial charge in [0.15, 0.2) is 4.90 Å². The Labute approximate surface area is 236 Å². The minimum Gasteiger partial charge on any atom is -0.494 e. The van der Waals surface area contributed by atoms with E-state index in [1.807, 2.05) is 6.92 Å². The molecular formula is C28H26Cl2N2O6S. The summed E-state index contributed by atoms with van der Waals surface area (Å²) in [4.78, 5) is 17.1. The number of halogens is 2. The number of aryl methyl sites for hydroxylation is 1. The van der Waals surface area contributed by atoms with Gasteiger partial charge in [0.2, 0.25) is 15.7 Å². The Morgan fingerprint density at radius 2 is 1.51 bits per heavy atom. The van der Waals surface area contributed by atoms with Gasteiger partial charge in [-0.05, 0) is 60.0 Å². The number of unbranched alkanes of at least 4 members (excludes halogenated alkanes) is 1. The van der Waals surface area contributed by atoms with E-state index in [-0.39, 0.29) is 27.9 Å². The minimum absolute atomic E-state index is 0.175. The zero-order valence-corrected chi connectivity index (χ0v) is 23.8. The largest absolute Gasteiger partial charge is 0.494 e. The van der Waals surface area contributed by atoms with E-state index in [4.69, 9.17) is 32.7 Å². The Morgan fingerprint density at radius 3 is 2.05 bits per heavy atom. The molecule has 8 nitrogen and oxygen atoms in total. The number of hydrogen-bond acceptors (Lipinski definition) is 7. The van der Waals surface area contributed by atoms with Crippen molar-refractivity contribution in [1.29, 1.82) is 0 Å². The highest BCUT2D eigenvalue weighted by Crippen LogP contribution is 2.35. The van der Waals surface area contributed by atoms with E-state index in [2.05, 4.69) is 4.98 Å². The molecule has 0 amide bonds. The molecule has 1 heterocycles. The van der Waals surface area contributed by atoms with E-state index >= 15 is 0 Å². The van der Waals surface area contributed by atoms with Gasteiger partial charge in [-0.3, -0.25) is 9.36 Å². The quantitative estimate of drug-likeness (QED) is 0.251. The SMILES string of the molecule is CCCCc1nc(O)c(S(=O)(=O)c2ccc(-c3cc(Cl)cc(Cl)c3)cc2)c(=O)n1-c1c(OC)cccc1OC. The number of ether oxygens (including phenoxy) is 2. The van der Waals surface area contributed by atoms with Crippen LogP contribution in [0.4, 0.5) is 0 Å². The van der Waals surface area contributed by atoms with E-state index in [0.717, 1.165) is 11.0 Å². The van der Waals surface area contributed by atoms with Gasteiger partial charge >= 0.3 is 0 Å². The Balaban J connectivity index is 1.92. The molecule has 0 atom stereocenters. The smallest absolute Gasteiger partial charge is 0.281 e. The third kappa shape index (κ3) is 5.61. The molecule has 4 aromatic rings. The molecule has 0 aliphatic rings. The molecule has 39 heavy (non-hydrogen) atoms. The van der Waals surface area contributed by atoms with E-state index in [1.165, 1.54) is 26.4 Å². The van der Waals surface area contributed by atoms with Crippen molar-refractivity contribution >= 4 is 33.0 Å². The van der Waals surface area contributed by atoms with Gasteiger partial charge in [-0.15, -0.1) is 0 Å². The molecule has 0 radical (unpaired) electrons. The first-order valence-corrected chi connectivity index (χ1v) is 14.2. The van der Waals surface area contributed by atoms with Crippen LogP contribution in [-0.2, 0) is 16.3 Å². The zero-order chi connectivity index (χ0) is 28.3. The lowest BCUT2D eigenvalue weighted by molar-refractivity contribution is 0.386. The molecule has 1 aromatic heterocycles. The van der Waals surface area contributed by atoms with Crippen molar-refractivity contribution in [3.8, 4) is 34.2 Å². The number of benzene rings is 3. The summed E-state index contributed by atoms with van der Waals surface area (Å²) in [5.41, 5.74) is 0.566. The molecule has 0 bridgehead atoms. The predicted molar refractivity (Wildman–Crippen MR) is 151 cm³/mol. The van der Waals surface area contributed by atoms with E-state index in [1.54, 1.807) is 48.5 Å². The highest BCUT2D eigenvalue weighted by Gasteiger charge is 2.31. The van der Waals surface area contributed by atoms with E-state index in [9.17, 15) is 18.3 Å². The zero-order valence-electron chi connectivity index (χ0n) is 21.4. The maximum absolute atomic E-state index is 13.9. The summed E-state index contributed by atoms with van der Waals surface area (Å²) in [6, 6.07) is 15.7. The van der Waals surface area contributed by atoms with Crippen LogP contribution in [0.25, 0.3) is 16.8 Å². The Kier molecular flexibility index (Phi) is 8.54. The van der Waals surface area contributed by atoms with Gasteiger partial charge < -0.3 is 14.6 Å². The van der Waals surface area contributed by atoms with Crippen molar-refractivity contribution < 1.29 is 23.0 Å². The van der Waals surface area contributed by atoms with Crippen molar-refractivity contribution in [2.24, 2.45) is 0 Å². The molecule has 4 rings (SSSR count). The molecule has 0 saturated heterocycles. The predicted octanol–water partition coefficient (Wildman–Crippen LogP) is 6.10. The van der Waals surface area contributed by atoms with Gasteiger partial charge in [0.05, 0.1) is 19.1 Å². The summed E-state index contributed by atoms with van der Waals surface area (Å²) in [6.45, 7) is 1.96. The van der Waals surface area contributed by atoms with Crippen LogP contribution in [0.1, 0.15) is 25.6 Å². The first-order chi connectivity index (χ1) is 18.6. The fourth-order valence-electron chi connectivity index (χ4n) is 4.22. The number of rotatable bonds is 9. The lowest BCUT2D eigenvalue weighted by Crippen LogP contribution is -2.29. The highest BCUT2D eigenvalue weighted by atomic mass is 35.5. The second kappa shape index (κ2) is 11.7. The fourth-order valence-corrected chi connectivity index (χ4v) is 6.09. The third-order valence-electron chi connectivity index (χ3n) is 6.10. The topological polar surface area (TPSA) is 108 Å². The van der Waals surface area contributed by atoms with Crippen molar-refractivity contribution in [3.63, 3.8) is 0 Å². The van der Waals surface area contributed by atoms with Crippen molar-refractivity contribution in [1.82, 2.24) is 9.55 Å². The molecule has 0 unspecified atom stereocenters. The maximum atomic E-state index is 13.9. The minimum atomic E-state index is -4.50. The normalized spacial score (nSPS) is 11.4. The van der Waals surface area contributed by atoms with Crippen LogP contribution in [0.5, 0.6) is 17.4 Å². The van der Waals surface area contributed by atoms with Gasteiger partial charge in [-0.2, -0.15) is 4.98 Å². The first kappa shape index (κ1) is 28.5. The average molecular weight is 589 g/mol. The number of aromatic hydroxyl groups is 1. The molecule has 0 aliphatic carbocycles. The lowest BCUT2D eigenvalue weighted by Gasteiger charge is -2.19. The molecule has 204 valence electrons. The summed E-state index contributed by atoms with van der Waals surface area (Å²) in [5.74, 6) is -0.152. The van der Waals surface area contributed by atoms with Crippen LogP contribution in [0.15, 0.2) is 75.2 Å². The molecule has 11 heteroatoms. The molecular weight excluding hydrogens is 563 g/mol. The van der Waals surface area contributed by atoms with Crippen LogP contribution in [-0.4, -0.2) is 37.3 Å². The Bertz CT molecular complexity index is 1640. The Morgan fingerprint density at radius 1 is 0.923 bits per heavy atom. The summed E-state index contributed by atoms with van der Waals surface area (Å²) >= 11 is 12.2. The second-order valence-corrected chi connectivity index (χ2v) is 11.4. The number of hydrogen-bond donors (Lipinski definition) is 1. The number of sulfone groups is 1. The van der Waals surface area contributed by atoms with Gasteiger partial charge in [-0.25, -0.2) is 8.42 Å². The fraction of sp³-hybridized carbons (Fsp3) is 0.214. The average Bonchev–Trinajstić information content (AvgIpc) is 2.90. The molecule has 0 fully saturated rings. The van der Waals surface area contributed by atoms with Gasteiger partial charge in [0.1, 0.15) is 23.0 Å². The standard InChI is InChI=1S/C28H26Cl2N2O6S/c1-4-5-9-24-31-27(33)26(28(34)32(24)25-22(37-2)7-6-8-23(25)38-3)39(35,36)21-12-10-17(11-13-21)18-14-19(29)16-20(30)15-18/h6-8,10-16,33H,4-5,9H2,1-3H3. The molecule has 1 N–H and O–H groups in total. The number of aromatic nitrogens is 2. The van der Waals surface area contributed by atoms with Gasteiger partial charge in [-0.1, -0.05) is 54.7 Å². The van der Waals surface area contributed by atoms with Crippen molar-refractivity contribution in [2.75, 3.05) is 14.2 Å². The number of para-hydroxylation sites is 1. The maximum Gasteiger partial charge on any atom is 0.281 e. The summed E-state index contributed by atoms with van der Waals surface area (Å²) in [6.07, 6.45) is 1.73. The summed E-state index contributed by atoms with van der Waals surface area (Å²) in [7, 11) is -1.65. The number of methoxy groups -OCH3 is 2. The van der Waals surface area contributed by atoms with Gasteiger partial charge in [0, 0.05) is 16.5 Å². The molecule has 0 saturated carbocycles. The highest BCUT2D eigenvalue weighted by molar-refractivity contribution is 7.91. The van der Waals surface area contributed by atoms with Gasteiger partial charge in [0.25, 0.3) is 5.56 Å². The van der Waals surface area contributed by atoms with Crippen LogP contribution in [0, 0.1) is 0 Å². The van der Waals surface area contributed by atoms with E-state index < -0.39 is 26.2 Å². The lowest BCUT2D eigenvalue weighted by atomic mass is 10.1. The summed E-state index contributed by atoms with van der Waals surface area (Å²) < 4.78 is 39.5.